The molecule has 0 saturated carbocycles. The molecule has 0 fully saturated rings. The van der Waals surface area contributed by atoms with E-state index in [-0.39, 0.29) is 18.0 Å². The summed E-state index contributed by atoms with van der Waals surface area (Å²) in [5.74, 6) is -0.138. The molecule has 7 nitrogen and oxygen atoms in total. The lowest BCUT2D eigenvalue weighted by Crippen LogP contribution is -2.32. The molecule has 0 aliphatic rings. The average molecular weight is 272 g/mol. The molecule has 1 rings (SSSR count). The highest BCUT2D eigenvalue weighted by Gasteiger charge is 2.09. The Morgan fingerprint density at radius 3 is 2.78 bits per heavy atom. The normalized spacial score (nSPS) is 11.0. The number of carbonyl (C=O) groups excluding carboxylic acids is 1. The fraction of sp³-hybridized carbons (Fsp3) is 0.400. The Morgan fingerprint density at radius 2 is 2.17 bits per heavy atom. The molecular formula is C10H16N4O3S. The third-order valence-electron chi connectivity index (χ3n) is 2.01. The van der Waals surface area contributed by atoms with Crippen LogP contribution in [0.5, 0.6) is 0 Å². The SMILES string of the molecule is CCNc1cccc(C(=O)NCCS(N)(=O)=O)n1. The molecule has 0 spiro atoms. The van der Waals surface area contributed by atoms with E-state index < -0.39 is 15.9 Å². The van der Waals surface area contributed by atoms with Crippen LogP contribution < -0.4 is 15.8 Å². The monoisotopic (exact) mass is 272 g/mol. The number of hydrogen-bond donors (Lipinski definition) is 3. The Hall–Kier alpha value is -1.67. The summed E-state index contributed by atoms with van der Waals surface area (Å²) in [6.45, 7) is 2.58. The van der Waals surface area contributed by atoms with E-state index in [4.69, 9.17) is 5.14 Å². The molecule has 4 N–H and O–H groups in total. The first kappa shape index (κ1) is 14.4. The number of nitrogens with one attached hydrogen (secondary N) is 2. The molecule has 8 heteroatoms. The lowest BCUT2D eigenvalue weighted by molar-refractivity contribution is 0.0951. The number of nitrogens with zero attached hydrogens (tertiary/aromatic N) is 1. The molecule has 0 unspecified atom stereocenters. The first-order valence-electron chi connectivity index (χ1n) is 5.42. The molecule has 1 amide bonds. The summed E-state index contributed by atoms with van der Waals surface area (Å²) in [6, 6.07) is 4.98. The zero-order valence-electron chi connectivity index (χ0n) is 10.0. The fourth-order valence-corrected chi connectivity index (χ4v) is 1.62. The molecule has 0 aromatic carbocycles. The molecule has 1 aromatic heterocycles. The van der Waals surface area contributed by atoms with Crippen molar-refractivity contribution in [2.75, 3.05) is 24.2 Å². The minimum Gasteiger partial charge on any atom is -0.370 e. The van der Waals surface area contributed by atoms with Crippen LogP contribution in [0.1, 0.15) is 17.4 Å². The lowest BCUT2D eigenvalue weighted by Gasteiger charge is -2.06. The van der Waals surface area contributed by atoms with E-state index in [1.165, 1.54) is 0 Å². The Balaban J connectivity index is 2.58. The lowest BCUT2D eigenvalue weighted by atomic mass is 10.3. The van der Waals surface area contributed by atoms with Gasteiger partial charge in [0, 0.05) is 13.1 Å². The van der Waals surface area contributed by atoms with Crippen LogP contribution in [0, 0.1) is 0 Å². The van der Waals surface area contributed by atoms with Gasteiger partial charge in [0.15, 0.2) is 0 Å². The zero-order valence-corrected chi connectivity index (χ0v) is 10.8. The van der Waals surface area contributed by atoms with E-state index in [2.05, 4.69) is 15.6 Å². The van der Waals surface area contributed by atoms with Gasteiger partial charge in [-0.25, -0.2) is 18.5 Å². The number of sulfonamides is 1. The number of carbonyl (C=O) groups is 1. The molecule has 1 heterocycles. The number of aromatic nitrogens is 1. The summed E-state index contributed by atoms with van der Waals surface area (Å²) in [7, 11) is -3.57. The van der Waals surface area contributed by atoms with Gasteiger partial charge in [0.25, 0.3) is 5.91 Å². The minimum atomic E-state index is -3.57. The van der Waals surface area contributed by atoms with Crippen molar-refractivity contribution in [2.24, 2.45) is 5.14 Å². The van der Waals surface area contributed by atoms with Gasteiger partial charge in [-0.3, -0.25) is 4.79 Å². The van der Waals surface area contributed by atoms with Crippen molar-refractivity contribution in [3.8, 4) is 0 Å². The zero-order chi connectivity index (χ0) is 13.6. The average Bonchev–Trinajstić information content (AvgIpc) is 2.28. The molecule has 100 valence electrons. The van der Waals surface area contributed by atoms with Crippen LogP contribution in [0.25, 0.3) is 0 Å². The molecule has 0 saturated heterocycles. The highest BCUT2D eigenvalue weighted by molar-refractivity contribution is 7.89. The van der Waals surface area contributed by atoms with Gasteiger partial charge in [0.05, 0.1) is 5.75 Å². The summed E-state index contributed by atoms with van der Waals surface area (Å²) in [5.41, 5.74) is 0.225. The van der Waals surface area contributed by atoms with E-state index in [0.29, 0.717) is 12.4 Å². The number of anilines is 1. The van der Waals surface area contributed by atoms with Crippen LogP contribution in [-0.4, -0.2) is 38.2 Å². The van der Waals surface area contributed by atoms with Crippen molar-refractivity contribution < 1.29 is 13.2 Å². The quantitative estimate of drug-likeness (QED) is 0.648. The van der Waals surface area contributed by atoms with Gasteiger partial charge in [0.2, 0.25) is 10.0 Å². The topological polar surface area (TPSA) is 114 Å². The Kier molecular flexibility index (Phi) is 5.05. The molecule has 18 heavy (non-hydrogen) atoms. The van der Waals surface area contributed by atoms with Crippen molar-refractivity contribution >= 4 is 21.7 Å². The molecule has 0 atom stereocenters. The standard InChI is InChI=1S/C10H16N4O3S/c1-2-12-9-5-3-4-8(14-9)10(15)13-6-7-18(11,16)17/h3-5H,2,6-7H2,1H3,(H,12,14)(H,13,15)(H2,11,16,17). The van der Waals surface area contributed by atoms with Crippen LogP contribution in [0.4, 0.5) is 5.82 Å². The van der Waals surface area contributed by atoms with E-state index >= 15 is 0 Å². The highest BCUT2D eigenvalue weighted by Crippen LogP contribution is 2.04. The van der Waals surface area contributed by atoms with E-state index in [0.717, 1.165) is 0 Å². The number of amides is 1. The van der Waals surface area contributed by atoms with Gasteiger partial charge in [-0.15, -0.1) is 0 Å². The molecule has 0 radical (unpaired) electrons. The van der Waals surface area contributed by atoms with Gasteiger partial charge >= 0.3 is 0 Å². The Morgan fingerprint density at radius 1 is 1.44 bits per heavy atom. The summed E-state index contributed by atoms with van der Waals surface area (Å²) < 4.78 is 21.4. The van der Waals surface area contributed by atoms with Crippen LogP contribution in [-0.2, 0) is 10.0 Å². The number of pyridine rings is 1. The number of hydrogen-bond acceptors (Lipinski definition) is 5. The molecule has 0 bridgehead atoms. The van der Waals surface area contributed by atoms with Gasteiger partial charge in [-0.2, -0.15) is 0 Å². The largest absolute Gasteiger partial charge is 0.370 e. The van der Waals surface area contributed by atoms with Crippen LogP contribution in [0.2, 0.25) is 0 Å². The van der Waals surface area contributed by atoms with Crippen LogP contribution in [0.15, 0.2) is 18.2 Å². The first-order chi connectivity index (χ1) is 8.42. The van der Waals surface area contributed by atoms with Crippen molar-refractivity contribution in [1.29, 1.82) is 0 Å². The summed E-state index contributed by atoms with van der Waals surface area (Å²) in [6.07, 6.45) is 0. The van der Waals surface area contributed by atoms with Crippen molar-refractivity contribution in [2.45, 2.75) is 6.92 Å². The van der Waals surface area contributed by atoms with Gasteiger partial charge in [-0.05, 0) is 19.1 Å². The number of nitrogens with two attached hydrogens (primary N) is 1. The predicted octanol–water partition coefficient (Wildman–Crippen LogP) is -0.468. The van der Waals surface area contributed by atoms with Crippen molar-refractivity contribution in [1.82, 2.24) is 10.3 Å². The maximum absolute atomic E-state index is 11.6. The Labute approximate surface area is 106 Å². The van der Waals surface area contributed by atoms with Crippen molar-refractivity contribution in [3.05, 3.63) is 23.9 Å². The van der Waals surface area contributed by atoms with E-state index in [1.807, 2.05) is 6.92 Å². The summed E-state index contributed by atoms with van der Waals surface area (Å²) >= 11 is 0. The second-order valence-electron chi connectivity index (χ2n) is 3.56. The maximum atomic E-state index is 11.6. The van der Waals surface area contributed by atoms with Crippen LogP contribution >= 0.6 is 0 Å². The third-order valence-corrected chi connectivity index (χ3v) is 2.78. The van der Waals surface area contributed by atoms with Crippen molar-refractivity contribution in [3.63, 3.8) is 0 Å². The summed E-state index contributed by atoms with van der Waals surface area (Å²) in [5, 5.41) is 10.2. The fourth-order valence-electron chi connectivity index (χ4n) is 1.24. The predicted molar refractivity (Wildman–Crippen MR) is 68.7 cm³/mol. The minimum absolute atomic E-state index is 0.0369. The number of rotatable bonds is 6. The second-order valence-corrected chi connectivity index (χ2v) is 5.30. The summed E-state index contributed by atoms with van der Waals surface area (Å²) in [4.78, 5) is 15.7. The highest BCUT2D eigenvalue weighted by atomic mass is 32.2. The van der Waals surface area contributed by atoms with Gasteiger partial charge in [-0.1, -0.05) is 6.07 Å². The number of primary sulfonamides is 1. The first-order valence-corrected chi connectivity index (χ1v) is 7.13. The Bertz CT molecular complexity index is 516. The molecule has 1 aromatic rings. The van der Waals surface area contributed by atoms with E-state index in [9.17, 15) is 13.2 Å². The third kappa shape index (κ3) is 5.11. The molecule has 0 aliphatic heterocycles. The van der Waals surface area contributed by atoms with Gasteiger partial charge < -0.3 is 10.6 Å². The van der Waals surface area contributed by atoms with E-state index in [1.54, 1.807) is 18.2 Å². The molecule has 0 aliphatic carbocycles. The maximum Gasteiger partial charge on any atom is 0.269 e. The smallest absolute Gasteiger partial charge is 0.269 e. The molecular weight excluding hydrogens is 256 g/mol. The van der Waals surface area contributed by atoms with Crippen LogP contribution in [0.3, 0.4) is 0 Å². The second kappa shape index (κ2) is 6.31. The van der Waals surface area contributed by atoms with Gasteiger partial charge in [0.1, 0.15) is 11.5 Å².